The highest BCUT2D eigenvalue weighted by atomic mass is 35.5. The number of aryl methyl sites for hydroxylation is 1. The van der Waals surface area contributed by atoms with Gasteiger partial charge in [0, 0.05) is 11.1 Å². The Morgan fingerprint density at radius 1 is 1.24 bits per heavy atom. The summed E-state index contributed by atoms with van der Waals surface area (Å²) in [5.74, 6) is 0.944. The summed E-state index contributed by atoms with van der Waals surface area (Å²) < 4.78 is 5.49. The second-order valence-electron chi connectivity index (χ2n) is 4.95. The zero-order valence-electron chi connectivity index (χ0n) is 12.1. The van der Waals surface area contributed by atoms with Gasteiger partial charge in [-0.25, -0.2) is 0 Å². The molecule has 1 aliphatic rings. The Morgan fingerprint density at radius 2 is 2.05 bits per heavy atom. The maximum atomic E-state index is 5.49. The number of aromatic nitrogens is 1. The van der Waals surface area contributed by atoms with E-state index < -0.39 is 0 Å². The van der Waals surface area contributed by atoms with Gasteiger partial charge in [0.15, 0.2) is 0 Å². The molecule has 0 radical (unpaired) electrons. The van der Waals surface area contributed by atoms with Crippen molar-refractivity contribution in [1.29, 1.82) is 0 Å². The molecule has 3 rings (SSSR count). The molecule has 112 valence electrons. The first-order valence-electron chi connectivity index (χ1n) is 7.20. The average Bonchev–Trinajstić information content (AvgIpc) is 2.50. The number of ether oxygens (including phenoxy) is 1. The third kappa shape index (κ3) is 3.92. The van der Waals surface area contributed by atoms with E-state index in [1.165, 1.54) is 35.4 Å². The largest absolute Gasteiger partial charge is 0.494 e. The zero-order chi connectivity index (χ0) is 13.8. The van der Waals surface area contributed by atoms with Crippen LogP contribution in [0.2, 0.25) is 0 Å². The van der Waals surface area contributed by atoms with E-state index in [2.05, 4.69) is 23.2 Å². The van der Waals surface area contributed by atoms with Crippen LogP contribution in [0.1, 0.15) is 36.3 Å². The molecule has 0 saturated carbocycles. The third-order valence-corrected chi connectivity index (χ3v) is 4.84. The van der Waals surface area contributed by atoms with Gasteiger partial charge in [0.2, 0.25) is 0 Å². The number of benzene rings is 1. The van der Waals surface area contributed by atoms with Crippen LogP contribution in [-0.2, 0) is 6.42 Å². The molecule has 2 nitrogen and oxygen atoms in total. The molecule has 0 N–H and O–H groups in total. The molecule has 0 spiro atoms. The van der Waals surface area contributed by atoms with Gasteiger partial charge in [0.1, 0.15) is 5.75 Å². The van der Waals surface area contributed by atoms with Crippen molar-refractivity contribution in [1.82, 2.24) is 4.98 Å². The number of rotatable bonds is 4. The van der Waals surface area contributed by atoms with E-state index in [4.69, 9.17) is 4.74 Å². The van der Waals surface area contributed by atoms with Gasteiger partial charge >= 0.3 is 0 Å². The van der Waals surface area contributed by atoms with E-state index >= 15 is 0 Å². The minimum Gasteiger partial charge on any atom is -0.494 e. The minimum absolute atomic E-state index is 0. The third-order valence-electron chi connectivity index (χ3n) is 3.56. The molecule has 0 saturated heterocycles. The van der Waals surface area contributed by atoms with Crippen molar-refractivity contribution in [3.8, 4) is 5.75 Å². The molecule has 0 fully saturated rings. The molecule has 0 aliphatic heterocycles. The van der Waals surface area contributed by atoms with Gasteiger partial charge in [-0.2, -0.15) is 0 Å². The predicted molar refractivity (Wildman–Crippen MR) is 90.6 cm³/mol. The standard InChI is InChI=1S/C17H19NOS.ClH/c1-2-19-14-8-10-15(11-9-14)20-16-7-3-5-13-6-4-12-18-17(13)16;/h4,6,8-12,16H,2-3,5,7H2,1H3;1H. The molecule has 4 heteroatoms. The lowest BCUT2D eigenvalue weighted by Gasteiger charge is -2.23. The summed E-state index contributed by atoms with van der Waals surface area (Å²) in [7, 11) is 0. The fraction of sp³-hybridized carbons (Fsp3) is 0.353. The summed E-state index contributed by atoms with van der Waals surface area (Å²) in [6, 6.07) is 12.7. The van der Waals surface area contributed by atoms with E-state index in [1.807, 2.05) is 43.1 Å². The highest BCUT2D eigenvalue weighted by Crippen LogP contribution is 2.42. The Bertz CT molecular complexity index is 573. The Labute approximate surface area is 136 Å². The topological polar surface area (TPSA) is 22.1 Å². The second-order valence-corrected chi connectivity index (χ2v) is 6.23. The molecule has 1 aliphatic carbocycles. The molecule has 0 amide bonds. The van der Waals surface area contributed by atoms with Crippen LogP contribution in [0.5, 0.6) is 5.75 Å². The molecule has 21 heavy (non-hydrogen) atoms. The smallest absolute Gasteiger partial charge is 0.119 e. The first-order chi connectivity index (χ1) is 9.86. The highest BCUT2D eigenvalue weighted by Gasteiger charge is 2.22. The van der Waals surface area contributed by atoms with Gasteiger partial charge in [-0.3, -0.25) is 4.98 Å². The maximum Gasteiger partial charge on any atom is 0.119 e. The van der Waals surface area contributed by atoms with Crippen LogP contribution in [-0.4, -0.2) is 11.6 Å². The van der Waals surface area contributed by atoms with Crippen molar-refractivity contribution >= 4 is 24.2 Å². The second kappa shape index (κ2) is 7.71. The lowest BCUT2D eigenvalue weighted by molar-refractivity contribution is 0.340. The van der Waals surface area contributed by atoms with Crippen molar-refractivity contribution in [2.75, 3.05) is 6.61 Å². The van der Waals surface area contributed by atoms with E-state index in [9.17, 15) is 0 Å². The number of fused-ring (bicyclic) bond motifs is 1. The monoisotopic (exact) mass is 321 g/mol. The average molecular weight is 322 g/mol. The van der Waals surface area contributed by atoms with Crippen LogP contribution < -0.4 is 4.74 Å². The normalized spacial score (nSPS) is 16.7. The van der Waals surface area contributed by atoms with Crippen LogP contribution in [0, 0.1) is 0 Å². The molecular weight excluding hydrogens is 302 g/mol. The summed E-state index contributed by atoms with van der Waals surface area (Å²) >= 11 is 1.92. The fourth-order valence-corrected chi connectivity index (χ4v) is 3.86. The van der Waals surface area contributed by atoms with E-state index in [1.54, 1.807) is 0 Å². The van der Waals surface area contributed by atoms with Crippen molar-refractivity contribution in [2.24, 2.45) is 0 Å². The van der Waals surface area contributed by atoms with Crippen molar-refractivity contribution in [3.63, 3.8) is 0 Å². The first kappa shape index (κ1) is 16.2. The van der Waals surface area contributed by atoms with Gasteiger partial charge in [0.25, 0.3) is 0 Å². The van der Waals surface area contributed by atoms with Crippen LogP contribution in [0.15, 0.2) is 47.5 Å². The van der Waals surface area contributed by atoms with E-state index in [0.29, 0.717) is 11.9 Å². The van der Waals surface area contributed by atoms with Gasteiger partial charge in [-0.1, -0.05) is 6.07 Å². The molecule has 2 aromatic rings. The number of nitrogens with zero attached hydrogens (tertiary/aromatic N) is 1. The quantitative estimate of drug-likeness (QED) is 0.784. The van der Waals surface area contributed by atoms with Crippen molar-refractivity contribution < 1.29 is 4.74 Å². The molecule has 1 atom stereocenters. The van der Waals surface area contributed by atoms with Gasteiger partial charge in [-0.05, 0) is 62.1 Å². The van der Waals surface area contributed by atoms with E-state index in [0.717, 1.165) is 5.75 Å². The summed E-state index contributed by atoms with van der Waals surface area (Å²) in [6.07, 6.45) is 5.55. The molecular formula is C17H20ClNOS. The number of halogens is 1. The Hall–Kier alpha value is -1.19. The molecule has 1 aromatic heterocycles. The van der Waals surface area contributed by atoms with Crippen molar-refractivity contribution in [2.45, 2.75) is 36.3 Å². The SMILES string of the molecule is CCOc1ccc(SC2CCCc3cccnc32)cc1.Cl. The van der Waals surface area contributed by atoms with Gasteiger partial charge < -0.3 is 4.74 Å². The van der Waals surface area contributed by atoms with Crippen molar-refractivity contribution in [3.05, 3.63) is 53.9 Å². The number of hydrogen-bond donors (Lipinski definition) is 0. The first-order valence-corrected chi connectivity index (χ1v) is 8.08. The van der Waals surface area contributed by atoms with E-state index in [-0.39, 0.29) is 12.4 Å². The fourth-order valence-electron chi connectivity index (χ4n) is 2.63. The Balaban J connectivity index is 0.00000161. The summed E-state index contributed by atoms with van der Waals surface area (Å²) in [5.41, 5.74) is 2.69. The zero-order valence-corrected chi connectivity index (χ0v) is 13.8. The molecule has 1 heterocycles. The van der Waals surface area contributed by atoms with Crippen LogP contribution in [0.4, 0.5) is 0 Å². The van der Waals surface area contributed by atoms with Gasteiger partial charge in [-0.15, -0.1) is 24.2 Å². The van der Waals surface area contributed by atoms with Gasteiger partial charge in [0.05, 0.1) is 17.6 Å². The Kier molecular flexibility index (Phi) is 5.95. The minimum atomic E-state index is 0. The predicted octanol–water partition coefficient (Wildman–Crippen LogP) is 5.07. The molecule has 0 bridgehead atoms. The molecule has 1 aromatic carbocycles. The number of hydrogen-bond acceptors (Lipinski definition) is 3. The summed E-state index contributed by atoms with van der Waals surface area (Å²) in [4.78, 5) is 5.89. The van der Waals surface area contributed by atoms with Crippen LogP contribution in [0.3, 0.4) is 0 Å². The number of thioether (sulfide) groups is 1. The summed E-state index contributed by atoms with van der Waals surface area (Å²) in [6.45, 7) is 2.72. The lowest BCUT2D eigenvalue weighted by atomic mass is 9.96. The lowest BCUT2D eigenvalue weighted by Crippen LogP contribution is -2.09. The Morgan fingerprint density at radius 3 is 2.81 bits per heavy atom. The van der Waals surface area contributed by atoms with Crippen LogP contribution >= 0.6 is 24.2 Å². The maximum absolute atomic E-state index is 5.49. The summed E-state index contributed by atoms with van der Waals surface area (Å²) in [5, 5.41) is 0.484. The highest BCUT2D eigenvalue weighted by molar-refractivity contribution is 7.99. The number of pyridine rings is 1. The molecule has 1 unspecified atom stereocenters. The van der Waals surface area contributed by atoms with Crippen LogP contribution in [0.25, 0.3) is 0 Å².